The van der Waals surface area contributed by atoms with E-state index in [1.165, 1.54) is 5.01 Å². The quantitative estimate of drug-likeness (QED) is 0.183. The van der Waals surface area contributed by atoms with Gasteiger partial charge in [0.2, 0.25) is 0 Å². The summed E-state index contributed by atoms with van der Waals surface area (Å²) in [6, 6.07) is 15.1. The Labute approximate surface area is 249 Å². The van der Waals surface area contributed by atoms with Gasteiger partial charge in [0.15, 0.2) is 0 Å². The Morgan fingerprint density at radius 3 is 2.63 bits per heavy atom. The van der Waals surface area contributed by atoms with Crippen LogP contribution in [0.5, 0.6) is 0 Å². The molecule has 10 heteroatoms. The Kier molecular flexibility index (Phi) is 7.03. The van der Waals surface area contributed by atoms with Crippen LogP contribution in [0, 0.1) is 29.1 Å². The van der Waals surface area contributed by atoms with Crippen molar-refractivity contribution in [2.75, 3.05) is 17.2 Å². The number of nitrogens with one attached hydrogen (secondary N) is 4. The molecule has 1 atom stereocenters. The summed E-state index contributed by atoms with van der Waals surface area (Å²) in [5, 5.41) is 20.3. The number of alkyl halides is 2. The highest BCUT2D eigenvalue weighted by molar-refractivity contribution is 5.99. The Bertz CT molecular complexity index is 1820. The van der Waals surface area contributed by atoms with Gasteiger partial charge in [-0.3, -0.25) is 15.0 Å². The van der Waals surface area contributed by atoms with Crippen LogP contribution in [0.2, 0.25) is 0 Å². The monoisotopic (exact) mass is 578 g/mol. The fourth-order valence-electron chi connectivity index (χ4n) is 5.40. The topological polar surface area (TPSA) is 101 Å². The second-order valence-electron chi connectivity index (χ2n) is 12.2. The molecule has 0 saturated heterocycles. The van der Waals surface area contributed by atoms with E-state index in [0.29, 0.717) is 52.8 Å². The van der Waals surface area contributed by atoms with E-state index in [2.05, 4.69) is 64.3 Å². The van der Waals surface area contributed by atoms with Gasteiger partial charge in [0, 0.05) is 41.6 Å². The van der Waals surface area contributed by atoms with Crippen LogP contribution in [0.25, 0.3) is 21.8 Å². The normalized spacial score (nSPS) is 16.4. The second-order valence-corrected chi connectivity index (χ2v) is 12.2. The molecule has 0 unspecified atom stereocenters. The second kappa shape index (κ2) is 10.7. The fourth-order valence-corrected chi connectivity index (χ4v) is 5.40. The van der Waals surface area contributed by atoms with Crippen molar-refractivity contribution in [2.24, 2.45) is 5.41 Å². The summed E-state index contributed by atoms with van der Waals surface area (Å²) in [4.78, 5) is 9.05. The highest BCUT2D eigenvalue weighted by Gasteiger charge is 2.56. The molecule has 0 spiro atoms. The molecule has 6 rings (SSSR count). The standard InChI is InChI=1S/C33H32F2N8/c1-5-20-17-38-29-21(16-36)14-22(15-25(29)28(20)39-19-32(2,3)4)40-30(24-8-6-10-26-23(24)9-7-13-37-26)27-18-43(42-41-27)33(11-12-33)31(34)35/h1,6-10,13-15,17-18,30-31,40-42H,11-12,19H2,2-4H3,(H,38,39)/t30-/m0/s1. The average Bonchev–Trinajstić information content (AvgIpc) is 3.67. The smallest absolute Gasteiger partial charge is 0.262 e. The van der Waals surface area contributed by atoms with E-state index in [0.717, 1.165) is 22.2 Å². The predicted molar refractivity (Wildman–Crippen MR) is 165 cm³/mol. The zero-order valence-electron chi connectivity index (χ0n) is 24.2. The number of halogens is 2. The summed E-state index contributed by atoms with van der Waals surface area (Å²) in [6.07, 6.45) is 9.19. The fraction of sp³-hybridized carbons (Fsp3) is 0.303. The molecule has 0 bridgehead atoms. The molecule has 43 heavy (non-hydrogen) atoms. The lowest BCUT2D eigenvalue weighted by molar-refractivity contribution is 0.00911. The van der Waals surface area contributed by atoms with Crippen LogP contribution in [0.3, 0.4) is 0 Å². The SMILES string of the molecule is C#Cc1cnc2c(C#N)cc(N[C@H](C3=CN(C4(C(F)F)CC4)NN3)c3cccc4ncccc34)cc2c1NCC(C)(C)C. The molecule has 2 aliphatic rings. The summed E-state index contributed by atoms with van der Waals surface area (Å²) in [6.45, 7) is 7.01. The first-order valence-corrected chi connectivity index (χ1v) is 14.1. The van der Waals surface area contributed by atoms with Gasteiger partial charge in [-0.15, -0.1) is 12.0 Å². The summed E-state index contributed by atoms with van der Waals surface area (Å²) >= 11 is 0. The number of pyridine rings is 2. The number of benzene rings is 2. The third-order valence-corrected chi connectivity index (χ3v) is 7.89. The van der Waals surface area contributed by atoms with Crippen molar-refractivity contribution >= 4 is 33.2 Å². The number of rotatable bonds is 8. The van der Waals surface area contributed by atoms with Gasteiger partial charge in [0.1, 0.15) is 11.6 Å². The van der Waals surface area contributed by atoms with Crippen LogP contribution < -0.4 is 21.6 Å². The lowest BCUT2D eigenvalue weighted by atomic mass is 9.96. The van der Waals surface area contributed by atoms with Crippen LogP contribution in [0.1, 0.15) is 56.3 Å². The van der Waals surface area contributed by atoms with Crippen molar-refractivity contribution in [1.82, 2.24) is 25.9 Å². The van der Waals surface area contributed by atoms with E-state index < -0.39 is 18.0 Å². The maximum atomic E-state index is 14.0. The number of terminal acetylenes is 1. The number of hydrazine groups is 2. The van der Waals surface area contributed by atoms with Crippen LogP contribution in [0.4, 0.5) is 20.2 Å². The molecule has 1 aliphatic heterocycles. The Morgan fingerprint density at radius 1 is 1.12 bits per heavy atom. The number of hydrogen-bond acceptors (Lipinski definition) is 8. The third kappa shape index (κ3) is 5.26. The molecule has 3 heterocycles. The lowest BCUT2D eigenvalue weighted by Gasteiger charge is -2.25. The molecule has 0 amide bonds. The number of nitrogens with zero attached hydrogens (tertiary/aromatic N) is 4. The molecule has 8 nitrogen and oxygen atoms in total. The van der Waals surface area contributed by atoms with Gasteiger partial charge in [-0.05, 0) is 48.1 Å². The molecule has 1 fully saturated rings. The summed E-state index contributed by atoms with van der Waals surface area (Å²) in [5.74, 6) is 2.72. The van der Waals surface area contributed by atoms with Crippen LogP contribution in [-0.2, 0) is 0 Å². The Balaban J connectivity index is 1.48. The average molecular weight is 579 g/mol. The number of fused-ring (bicyclic) bond motifs is 2. The maximum absolute atomic E-state index is 14.0. The lowest BCUT2D eigenvalue weighted by Crippen LogP contribution is -2.48. The van der Waals surface area contributed by atoms with Crippen molar-refractivity contribution in [3.8, 4) is 18.4 Å². The van der Waals surface area contributed by atoms with E-state index >= 15 is 0 Å². The number of nitriles is 1. The van der Waals surface area contributed by atoms with Gasteiger partial charge >= 0.3 is 0 Å². The molecule has 1 aliphatic carbocycles. The third-order valence-electron chi connectivity index (χ3n) is 7.89. The first-order chi connectivity index (χ1) is 20.6. The molecule has 4 N–H and O–H groups in total. The largest absolute Gasteiger partial charge is 0.383 e. The van der Waals surface area contributed by atoms with Gasteiger partial charge in [-0.25, -0.2) is 8.78 Å². The molecular formula is C33H32F2N8. The van der Waals surface area contributed by atoms with Gasteiger partial charge in [0.25, 0.3) is 6.43 Å². The predicted octanol–water partition coefficient (Wildman–Crippen LogP) is 6.21. The molecule has 2 aromatic carbocycles. The van der Waals surface area contributed by atoms with E-state index in [1.807, 2.05) is 36.4 Å². The molecule has 0 radical (unpaired) electrons. The number of aromatic nitrogens is 2. The van der Waals surface area contributed by atoms with Gasteiger partial charge in [0.05, 0.1) is 39.6 Å². The van der Waals surface area contributed by atoms with Crippen molar-refractivity contribution in [3.05, 3.63) is 83.4 Å². The van der Waals surface area contributed by atoms with E-state index in [-0.39, 0.29) is 5.41 Å². The highest BCUT2D eigenvalue weighted by atomic mass is 19.3. The first-order valence-electron chi connectivity index (χ1n) is 14.1. The minimum absolute atomic E-state index is 0.0283. The zero-order chi connectivity index (χ0) is 30.4. The van der Waals surface area contributed by atoms with Crippen molar-refractivity contribution in [2.45, 2.75) is 51.6 Å². The minimum atomic E-state index is -2.50. The molecular weight excluding hydrogens is 546 g/mol. The Hall–Kier alpha value is -4.93. The van der Waals surface area contributed by atoms with E-state index in [1.54, 1.807) is 24.7 Å². The number of hydrogen-bond donors (Lipinski definition) is 4. The zero-order valence-corrected chi connectivity index (χ0v) is 24.2. The minimum Gasteiger partial charge on any atom is -0.383 e. The highest BCUT2D eigenvalue weighted by Crippen LogP contribution is 2.47. The van der Waals surface area contributed by atoms with Gasteiger partial charge in [-0.1, -0.05) is 44.9 Å². The maximum Gasteiger partial charge on any atom is 0.262 e. The van der Waals surface area contributed by atoms with Crippen LogP contribution in [-0.4, -0.2) is 33.5 Å². The van der Waals surface area contributed by atoms with E-state index in [9.17, 15) is 14.0 Å². The van der Waals surface area contributed by atoms with Gasteiger partial charge in [-0.2, -0.15) is 5.26 Å². The van der Waals surface area contributed by atoms with Crippen molar-refractivity contribution < 1.29 is 8.78 Å². The van der Waals surface area contributed by atoms with Crippen molar-refractivity contribution in [3.63, 3.8) is 0 Å². The van der Waals surface area contributed by atoms with E-state index in [4.69, 9.17) is 6.42 Å². The Morgan fingerprint density at radius 2 is 1.93 bits per heavy atom. The molecule has 4 aromatic rings. The number of anilines is 2. The molecule has 218 valence electrons. The first kappa shape index (κ1) is 28.2. The van der Waals surface area contributed by atoms with Crippen LogP contribution >= 0.6 is 0 Å². The summed E-state index contributed by atoms with van der Waals surface area (Å²) in [5.41, 5.74) is 10.0. The molecule has 2 aromatic heterocycles. The summed E-state index contributed by atoms with van der Waals surface area (Å²) < 4.78 is 28.0. The van der Waals surface area contributed by atoms with Crippen molar-refractivity contribution in [1.29, 1.82) is 5.26 Å². The van der Waals surface area contributed by atoms with Gasteiger partial charge < -0.3 is 16.1 Å². The molecule has 1 saturated carbocycles. The summed E-state index contributed by atoms with van der Waals surface area (Å²) in [7, 11) is 0. The van der Waals surface area contributed by atoms with Crippen LogP contribution in [0.15, 0.2) is 66.8 Å².